The van der Waals surface area contributed by atoms with Crippen molar-refractivity contribution in [3.8, 4) is 0 Å². The van der Waals surface area contributed by atoms with Crippen LogP contribution in [0.5, 0.6) is 0 Å². The van der Waals surface area contributed by atoms with Crippen molar-refractivity contribution < 1.29 is 0 Å². The Bertz CT molecular complexity index is 367. The summed E-state index contributed by atoms with van der Waals surface area (Å²) in [4.78, 5) is 0. The zero-order valence-electron chi connectivity index (χ0n) is 9.46. The maximum absolute atomic E-state index is 5.98. The minimum atomic E-state index is 0.292. The van der Waals surface area contributed by atoms with Crippen molar-refractivity contribution in [2.75, 3.05) is 5.73 Å². The van der Waals surface area contributed by atoms with Crippen molar-refractivity contribution in [3.05, 3.63) is 11.3 Å². The Morgan fingerprint density at radius 2 is 2.21 bits per heavy atom. The Hall–Kier alpha value is -0.990. The van der Waals surface area contributed by atoms with Crippen LogP contribution in [0.25, 0.3) is 0 Å². The highest BCUT2D eigenvalue weighted by Crippen LogP contribution is 2.54. The molecule has 1 heterocycles. The van der Waals surface area contributed by atoms with Crippen molar-refractivity contribution >= 4 is 5.82 Å². The number of rotatable bonds is 2. The molecule has 14 heavy (non-hydrogen) atoms. The van der Waals surface area contributed by atoms with Gasteiger partial charge in [0.2, 0.25) is 0 Å². The van der Waals surface area contributed by atoms with E-state index >= 15 is 0 Å². The van der Waals surface area contributed by atoms with Crippen molar-refractivity contribution in [1.82, 2.24) is 9.78 Å². The third-order valence-corrected chi connectivity index (χ3v) is 3.75. The van der Waals surface area contributed by atoms with E-state index in [-0.39, 0.29) is 0 Å². The van der Waals surface area contributed by atoms with Gasteiger partial charge in [0.25, 0.3) is 0 Å². The lowest BCUT2D eigenvalue weighted by Crippen LogP contribution is -2.07. The smallest absolute Gasteiger partial charge is 0.124 e. The van der Waals surface area contributed by atoms with E-state index in [1.165, 1.54) is 17.7 Å². The van der Waals surface area contributed by atoms with Crippen molar-refractivity contribution in [2.45, 2.75) is 39.0 Å². The maximum Gasteiger partial charge on any atom is 0.124 e. The number of aryl methyl sites for hydroxylation is 1. The van der Waals surface area contributed by atoms with Crippen LogP contribution in [0.2, 0.25) is 0 Å². The zero-order chi connectivity index (χ0) is 10.5. The summed E-state index contributed by atoms with van der Waals surface area (Å²) in [5.74, 6) is 1.59. The van der Waals surface area contributed by atoms with Gasteiger partial charge in [-0.3, -0.25) is 4.68 Å². The summed E-state index contributed by atoms with van der Waals surface area (Å²) in [6.45, 7) is 6.72. The quantitative estimate of drug-likeness (QED) is 0.779. The second-order valence-corrected chi connectivity index (χ2v) is 4.71. The van der Waals surface area contributed by atoms with Gasteiger partial charge in [0.1, 0.15) is 5.82 Å². The Kier molecular flexibility index (Phi) is 1.88. The fourth-order valence-corrected chi connectivity index (χ4v) is 2.30. The molecule has 0 aromatic carbocycles. The predicted molar refractivity (Wildman–Crippen MR) is 58.1 cm³/mol. The molecule has 1 aliphatic rings. The molecule has 1 fully saturated rings. The number of nitrogen functional groups attached to an aromatic ring is 1. The third-order valence-electron chi connectivity index (χ3n) is 3.75. The van der Waals surface area contributed by atoms with Crippen LogP contribution in [0.4, 0.5) is 5.82 Å². The lowest BCUT2D eigenvalue weighted by atomic mass is 9.97. The molecule has 1 aromatic heterocycles. The van der Waals surface area contributed by atoms with E-state index in [1.54, 1.807) is 0 Å². The molecule has 1 aliphatic carbocycles. The van der Waals surface area contributed by atoms with E-state index in [1.807, 2.05) is 11.7 Å². The minimum absolute atomic E-state index is 0.292. The van der Waals surface area contributed by atoms with E-state index in [4.69, 9.17) is 5.73 Å². The lowest BCUT2D eigenvalue weighted by Gasteiger charge is -2.08. The van der Waals surface area contributed by atoms with Gasteiger partial charge in [0.15, 0.2) is 0 Å². The molecule has 0 saturated heterocycles. The van der Waals surface area contributed by atoms with Crippen LogP contribution in [0.3, 0.4) is 0 Å². The average molecular weight is 193 g/mol. The highest BCUT2D eigenvalue weighted by molar-refractivity contribution is 5.48. The van der Waals surface area contributed by atoms with Gasteiger partial charge in [0, 0.05) is 18.0 Å². The second kappa shape index (κ2) is 2.75. The molecule has 2 atom stereocenters. The summed E-state index contributed by atoms with van der Waals surface area (Å²) in [6.07, 6.45) is 2.23. The van der Waals surface area contributed by atoms with Gasteiger partial charge in [-0.1, -0.05) is 20.8 Å². The summed E-state index contributed by atoms with van der Waals surface area (Å²) in [7, 11) is 1.92. The summed E-state index contributed by atoms with van der Waals surface area (Å²) in [5, 5.41) is 4.56. The number of hydrogen-bond acceptors (Lipinski definition) is 2. The van der Waals surface area contributed by atoms with Gasteiger partial charge in [-0.2, -0.15) is 5.10 Å². The number of hydrogen-bond donors (Lipinski definition) is 1. The topological polar surface area (TPSA) is 43.8 Å². The molecule has 3 heteroatoms. The monoisotopic (exact) mass is 193 g/mol. The largest absolute Gasteiger partial charge is 0.384 e. The predicted octanol–water partition coefficient (Wildman–Crippen LogP) is 1.86. The zero-order valence-corrected chi connectivity index (χ0v) is 9.46. The molecule has 2 N–H and O–H groups in total. The van der Waals surface area contributed by atoms with E-state index in [9.17, 15) is 0 Å². The Morgan fingerprint density at radius 3 is 2.64 bits per heavy atom. The number of aromatic nitrogens is 2. The van der Waals surface area contributed by atoms with Crippen molar-refractivity contribution in [3.63, 3.8) is 0 Å². The van der Waals surface area contributed by atoms with Crippen molar-refractivity contribution in [2.24, 2.45) is 13.0 Å². The number of nitrogens with two attached hydrogens (primary N) is 1. The average Bonchev–Trinajstić information content (AvgIpc) is 2.62. The summed E-state index contributed by atoms with van der Waals surface area (Å²) in [6, 6.07) is 0. The fourth-order valence-electron chi connectivity index (χ4n) is 2.30. The van der Waals surface area contributed by atoms with E-state index < -0.39 is 0 Å². The normalized spacial score (nSPS) is 30.7. The van der Waals surface area contributed by atoms with Gasteiger partial charge in [0.05, 0.1) is 5.69 Å². The van der Waals surface area contributed by atoms with E-state index in [0.717, 1.165) is 18.2 Å². The first kappa shape index (κ1) is 9.56. The number of nitrogens with zero attached hydrogens (tertiary/aromatic N) is 2. The van der Waals surface area contributed by atoms with Crippen molar-refractivity contribution in [1.29, 1.82) is 0 Å². The Morgan fingerprint density at radius 1 is 1.64 bits per heavy atom. The van der Waals surface area contributed by atoms with Crippen LogP contribution in [0.15, 0.2) is 0 Å². The SMILES string of the molecule is CCc1c(C2(C)CC2C)nn(C)c1N. The molecule has 0 radical (unpaired) electrons. The van der Waals surface area contributed by atoms with Crippen LogP contribution in [0, 0.1) is 5.92 Å². The third kappa shape index (κ3) is 1.08. The summed E-state index contributed by atoms with van der Waals surface area (Å²) >= 11 is 0. The standard InChI is InChI=1S/C11H19N3/c1-5-8-9(11(3)6-7(11)2)13-14(4)10(8)12/h7H,5-6,12H2,1-4H3. The van der Waals surface area contributed by atoms with Crippen LogP contribution in [0.1, 0.15) is 38.4 Å². The van der Waals surface area contributed by atoms with E-state index in [0.29, 0.717) is 5.41 Å². The molecule has 2 unspecified atom stereocenters. The van der Waals surface area contributed by atoms with Gasteiger partial charge >= 0.3 is 0 Å². The molecular weight excluding hydrogens is 174 g/mol. The molecule has 0 aliphatic heterocycles. The first-order chi connectivity index (χ1) is 6.50. The molecule has 2 rings (SSSR count). The van der Waals surface area contributed by atoms with Crippen LogP contribution in [-0.4, -0.2) is 9.78 Å². The summed E-state index contributed by atoms with van der Waals surface area (Å²) in [5.41, 5.74) is 8.76. The maximum atomic E-state index is 5.98. The molecular formula is C11H19N3. The van der Waals surface area contributed by atoms with Gasteiger partial charge in [-0.15, -0.1) is 0 Å². The molecule has 1 aromatic rings. The lowest BCUT2D eigenvalue weighted by molar-refractivity contribution is 0.639. The fraction of sp³-hybridized carbons (Fsp3) is 0.727. The summed E-state index contributed by atoms with van der Waals surface area (Å²) < 4.78 is 1.81. The molecule has 78 valence electrons. The Labute approximate surface area is 85.3 Å². The number of anilines is 1. The first-order valence-corrected chi connectivity index (χ1v) is 5.32. The first-order valence-electron chi connectivity index (χ1n) is 5.32. The van der Waals surface area contributed by atoms with Gasteiger partial charge in [-0.25, -0.2) is 0 Å². The molecule has 0 bridgehead atoms. The molecule has 1 saturated carbocycles. The van der Waals surface area contributed by atoms with Crippen LogP contribution >= 0.6 is 0 Å². The molecule has 0 amide bonds. The minimum Gasteiger partial charge on any atom is -0.384 e. The molecule has 3 nitrogen and oxygen atoms in total. The highest BCUT2D eigenvalue weighted by atomic mass is 15.3. The van der Waals surface area contributed by atoms with Gasteiger partial charge in [-0.05, 0) is 18.8 Å². The van der Waals surface area contributed by atoms with Crippen LogP contribution in [-0.2, 0) is 18.9 Å². The second-order valence-electron chi connectivity index (χ2n) is 4.71. The Balaban J connectivity index is 2.48. The van der Waals surface area contributed by atoms with Gasteiger partial charge < -0.3 is 5.73 Å². The van der Waals surface area contributed by atoms with E-state index in [2.05, 4.69) is 25.9 Å². The van der Waals surface area contributed by atoms with Crippen LogP contribution < -0.4 is 5.73 Å². The highest BCUT2D eigenvalue weighted by Gasteiger charge is 2.51. The molecule has 0 spiro atoms.